The molecule has 0 saturated carbocycles. The van der Waals surface area contributed by atoms with Crippen LogP contribution >= 0.6 is 15.9 Å². The van der Waals surface area contributed by atoms with Gasteiger partial charge in [0, 0.05) is 29.3 Å². The summed E-state index contributed by atoms with van der Waals surface area (Å²) in [6.45, 7) is 4.16. The molecule has 2 aromatic carbocycles. The minimum absolute atomic E-state index is 0.284. The fraction of sp³-hybridized carbons (Fsp3) is 0.250. The van der Waals surface area contributed by atoms with Crippen LogP contribution in [0.3, 0.4) is 0 Å². The molecule has 166 valence electrons. The first-order valence-corrected chi connectivity index (χ1v) is 12.4. The molecule has 0 saturated heterocycles. The molecule has 1 unspecified atom stereocenters. The molecule has 0 aliphatic carbocycles. The molecular weight excluding hydrogens is 488 g/mol. The smallest absolute Gasteiger partial charge is 0.197 e. The number of nitrogens with zero attached hydrogens (tertiary/aromatic N) is 3. The molecule has 0 fully saturated rings. The van der Waals surface area contributed by atoms with Crippen molar-refractivity contribution in [3.05, 3.63) is 82.1 Å². The first-order valence-electron chi connectivity index (χ1n) is 10.3. The average Bonchev–Trinajstić information content (AvgIpc) is 3.22. The molecule has 4 aromatic rings. The number of fused-ring (bicyclic) bond motifs is 1. The minimum atomic E-state index is -1.32. The quantitative estimate of drug-likeness (QED) is 0.347. The highest BCUT2D eigenvalue weighted by Gasteiger charge is 2.15. The standard InChI is InChI=1S/C24H25BrN4O2S/c1-17-22(16-32(30)24-27-20-5-3-4-6-21(20)28-24)26-12-11-23(17)31-14-13-29(2)15-18-7-9-19(25)10-8-18/h3-12H,13-16H2,1-2H3,(H,27,28). The number of imidazole rings is 1. The summed E-state index contributed by atoms with van der Waals surface area (Å²) >= 11 is 3.46. The van der Waals surface area contributed by atoms with Gasteiger partial charge < -0.3 is 9.72 Å². The molecule has 6 nitrogen and oxygen atoms in total. The number of hydrogen-bond acceptors (Lipinski definition) is 5. The van der Waals surface area contributed by atoms with E-state index in [-0.39, 0.29) is 5.75 Å². The van der Waals surface area contributed by atoms with E-state index < -0.39 is 10.8 Å². The van der Waals surface area contributed by atoms with Crippen molar-refractivity contribution in [2.45, 2.75) is 24.4 Å². The summed E-state index contributed by atoms with van der Waals surface area (Å²) in [6.07, 6.45) is 1.71. The van der Waals surface area contributed by atoms with Crippen molar-refractivity contribution in [3.8, 4) is 5.75 Å². The number of pyridine rings is 1. The van der Waals surface area contributed by atoms with Crippen LogP contribution in [0.1, 0.15) is 16.8 Å². The monoisotopic (exact) mass is 512 g/mol. The maximum atomic E-state index is 12.9. The van der Waals surface area contributed by atoms with E-state index in [1.165, 1.54) is 5.56 Å². The van der Waals surface area contributed by atoms with Gasteiger partial charge in [-0.25, -0.2) is 4.98 Å². The Morgan fingerprint density at radius 2 is 1.91 bits per heavy atom. The van der Waals surface area contributed by atoms with Gasteiger partial charge in [-0.05, 0) is 49.9 Å². The molecular formula is C24H25BrN4O2S. The van der Waals surface area contributed by atoms with Gasteiger partial charge >= 0.3 is 0 Å². The number of aromatic amines is 1. The lowest BCUT2D eigenvalue weighted by Gasteiger charge is -2.18. The van der Waals surface area contributed by atoms with Crippen LogP contribution in [0.4, 0.5) is 0 Å². The van der Waals surface area contributed by atoms with Gasteiger partial charge in [-0.3, -0.25) is 14.1 Å². The molecule has 2 aromatic heterocycles. The molecule has 0 spiro atoms. The fourth-order valence-electron chi connectivity index (χ4n) is 3.38. The van der Waals surface area contributed by atoms with Crippen LogP contribution in [0.25, 0.3) is 11.0 Å². The van der Waals surface area contributed by atoms with Crippen molar-refractivity contribution in [2.75, 3.05) is 20.2 Å². The lowest BCUT2D eigenvalue weighted by atomic mass is 10.2. The average molecular weight is 513 g/mol. The number of likely N-dealkylation sites (N-methyl/N-ethyl adjacent to an activating group) is 1. The van der Waals surface area contributed by atoms with Gasteiger partial charge in [-0.1, -0.05) is 40.2 Å². The summed E-state index contributed by atoms with van der Waals surface area (Å²) in [5.74, 6) is 1.06. The summed E-state index contributed by atoms with van der Waals surface area (Å²) in [5, 5.41) is 0.466. The Morgan fingerprint density at radius 3 is 2.69 bits per heavy atom. The zero-order valence-electron chi connectivity index (χ0n) is 18.0. The zero-order chi connectivity index (χ0) is 22.5. The third-order valence-corrected chi connectivity index (χ3v) is 6.90. The Hall–Kier alpha value is -2.55. The number of halogens is 1. The van der Waals surface area contributed by atoms with Crippen LogP contribution in [0, 0.1) is 6.92 Å². The number of nitrogens with one attached hydrogen (secondary N) is 1. The molecule has 1 N–H and O–H groups in total. The second-order valence-electron chi connectivity index (χ2n) is 7.64. The lowest BCUT2D eigenvalue weighted by molar-refractivity contribution is 0.231. The van der Waals surface area contributed by atoms with E-state index in [1.54, 1.807) is 6.20 Å². The van der Waals surface area contributed by atoms with E-state index in [1.807, 2.05) is 37.3 Å². The van der Waals surface area contributed by atoms with E-state index in [9.17, 15) is 4.21 Å². The fourth-order valence-corrected chi connectivity index (χ4v) is 4.75. The van der Waals surface area contributed by atoms with E-state index in [4.69, 9.17) is 4.74 Å². The van der Waals surface area contributed by atoms with Crippen molar-refractivity contribution < 1.29 is 8.95 Å². The maximum Gasteiger partial charge on any atom is 0.197 e. The van der Waals surface area contributed by atoms with Gasteiger partial charge in [0.2, 0.25) is 0 Å². The van der Waals surface area contributed by atoms with Gasteiger partial charge in [-0.2, -0.15) is 0 Å². The van der Waals surface area contributed by atoms with Crippen LogP contribution in [0.5, 0.6) is 5.75 Å². The molecule has 1 atom stereocenters. The second kappa shape index (κ2) is 10.4. The summed E-state index contributed by atoms with van der Waals surface area (Å²) in [6, 6.07) is 17.9. The second-order valence-corrected chi connectivity index (χ2v) is 9.92. The first-order chi connectivity index (χ1) is 15.5. The SMILES string of the molecule is Cc1c(OCCN(C)Cc2ccc(Br)cc2)ccnc1CS(=O)c1nc2ccccc2[nH]1. The molecule has 2 heterocycles. The van der Waals surface area contributed by atoms with E-state index in [0.29, 0.717) is 11.8 Å². The molecule has 0 radical (unpaired) electrons. The van der Waals surface area contributed by atoms with E-state index >= 15 is 0 Å². The minimum Gasteiger partial charge on any atom is -0.492 e. The van der Waals surface area contributed by atoms with Crippen molar-refractivity contribution in [3.63, 3.8) is 0 Å². The molecule has 0 amide bonds. The predicted octanol–water partition coefficient (Wildman–Crippen LogP) is 4.85. The third-order valence-electron chi connectivity index (χ3n) is 5.21. The molecule has 0 bridgehead atoms. The van der Waals surface area contributed by atoms with E-state index in [2.05, 4.69) is 67.1 Å². The van der Waals surface area contributed by atoms with Crippen molar-refractivity contribution in [1.82, 2.24) is 19.9 Å². The molecule has 32 heavy (non-hydrogen) atoms. The molecule has 0 aliphatic heterocycles. The Balaban J connectivity index is 1.34. The maximum absolute atomic E-state index is 12.9. The predicted molar refractivity (Wildman–Crippen MR) is 131 cm³/mol. The number of ether oxygens (including phenoxy) is 1. The van der Waals surface area contributed by atoms with Gasteiger partial charge in [-0.15, -0.1) is 0 Å². The Morgan fingerprint density at radius 1 is 1.12 bits per heavy atom. The van der Waals surface area contributed by atoms with Crippen molar-refractivity contribution in [2.24, 2.45) is 0 Å². The summed E-state index contributed by atoms with van der Waals surface area (Å²) in [4.78, 5) is 14.2. The highest BCUT2D eigenvalue weighted by atomic mass is 79.9. The molecule has 4 rings (SSSR count). The van der Waals surface area contributed by atoms with Gasteiger partial charge in [0.25, 0.3) is 0 Å². The summed E-state index contributed by atoms with van der Waals surface area (Å²) in [5.41, 5.74) is 4.61. The number of benzene rings is 2. The van der Waals surface area contributed by atoms with Gasteiger partial charge in [0.1, 0.15) is 12.4 Å². The molecule has 8 heteroatoms. The molecule has 0 aliphatic rings. The number of aromatic nitrogens is 3. The summed E-state index contributed by atoms with van der Waals surface area (Å²) in [7, 11) is 0.757. The Labute approximate surface area is 198 Å². The number of para-hydroxylation sites is 2. The van der Waals surface area contributed by atoms with Gasteiger partial charge in [0.15, 0.2) is 5.16 Å². The topological polar surface area (TPSA) is 71.1 Å². The Kier molecular flexibility index (Phi) is 7.34. The van der Waals surface area contributed by atoms with E-state index in [0.717, 1.165) is 45.6 Å². The number of rotatable bonds is 9. The largest absolute Gasteiger partial charge is 0.492 e. The zero-order valence-corrected chi connectivity index (χ0v) is 20.4. The first kappa shape index (κ1) is 22.6. The van der Waals surface area contributed by atoms with Crippen molar-refractivity contribution >= 4 is 37.8 Å². The van der Waals surface area contributed by atoms with Crippen LogP contribution in [0.15, 0.2) is 70.4 Å². The summed E-state index contributed by atoms with van der Waals surface area (Å²) < 4.78 is 20.0. The highest BCUT2D eigenvalue weighted by Crippen LogP contribution is 2.22. The van der Waals surface area contributed by atoms with Crippen LogP contribution in [0.2, 0.25) is 0 Å². The van der Waals surface area contributed by atoms with Crippen LogP contribution < -0.4 is 4.74 Å². The lowest BCUT2D eigenvalue weighted by Crippen LogP contribution is -2.24. The Bertz CT molecular complexity index is 1190. The third kappa shape index (κ3) is 5.62. The van der Waals surface area contributed by atoms with Crippen LogP contribution in [-0.4, -0.2) is 44.3 Å². The number of H-pyrrole nitrogens is 1. The normalized spacial score (nSPS) is 12.4. The highest BCUT2D eigenvalue weighted by molar-refractivity contribution is 9.10. The van der Waals surface area contributed by atoms with Crippen molar-refractivity contribution in [1.29, 1.82) is 0 Å². The van der Waals surface area contributed by atoms with Crippen LogP contribution in [-0.2, 0) is 23.1 Å². The van der Waals surface area contributed by atoms with Gasteiger partial charge in [0.05, 0.1) is 33.3 Å². The number of hydrogen-bond donors (Lipinski definition) is 1.